The molecule has 1 N–H and O–H groups in total. The highest BCUT2D eigenvalue weighted by molar-refractivity contribution is 6.05. The first-order chi connectivity index (χ1) is 18.9. The summed E-state index contributed by atoms with van der Waals surface area (Å²) in [6.45, 7) is 5.29. The molecule has 0 saturated carbocycles. The highest BCUT2D eigenvalue weighted by Crippen LogP contribution is 2.31. The lowest BCUT2D eigenvalue weighted by molar-refractivity contribution is 0.0602. The van der Waals surface area contributed by atoms with Crippen LogP contribution >= 0.6 is 0 Å². The van der Waals surface area contributed by atoms with E-state index in [4.69, 9.17) is 0 Å². The summed E-state index contributed by atoms with van der Waals surface area (Å²) in [5, 5.41) is 7.21. The molecule has 8 heteroatoms. The summed E-state index contributed by atoms with van der Waals surface area (Å²) in [7, 11) is 1.91. The Balaban J connectivity index is 1.08. The van der Waals surface area contributed by atoms with Crippen molar-refractivity contribution in [2.75, 3.05) is 36.4 Å². The number of hydrogen-bond donors (Lipinski definition) is 1. The summed E-state index contributed by atoms with van der Waals surface area (Å²) in [6, 6.07) is 17.7. The molecule has 0 aliphatic carbocycles. The van der Waals surface area contributed by atoms with E-state index in [2.05, 4.69) is 44.6 Å². The highest BCUT2D eigenvalue weighted by Gasteiger charge is 2.32. The molecule has 0 spiro atoms. The average Bonchev–Trinajstić information content (AvgIpc) is 3.62. The third kappa shape index (κ3) is 5.14. The Hall–Kier alpha value is -4.46. The molecule has 2 aliphatic rings. The van der Waals surface area contributed by atoms with Crippen LogP contribution in [-0.2, 0) is 7.05 Å². The van der Waals surface area contributed by atoms with Crippen molar-refractivity contribution >= 4 is 23.3 Å². The smallest absolute Gasteiger partial charge is 0.257 e. The first kappa shape index (κ1) is 24.9. The monoisotopic (exact) mass is 520 g/mol. The molecule has 6 rings (SSSR count). The molecule has 4 aromatic rings. The van der Waals surface area contributed by atoms with Crippen molar-refractivity contribution < 1.29 is 9.59 Å². The van der Waals surface area contributed by atoms with E-state index >= 15 is 0 Å². The Morgan fingerprint density at radius 1 is 0.897 bits per heavy atom. The standard InChI is InChI=1S/C31H32N6O2/c1-21-5-6-24(15-28(21)34-30(38)25-11-12-29(32-16-25)36-13-3-4-14-36)31(39)37-19-27(20-37)23-9-7-22(8-10-23)26-17-33-35(2)18-26/h5-12,15-18,27H,3-4,13-14,19-20H2,1-2H3,(H,34,38). The molecule has 2 amide bonds. The van der Waals surface area contributed by atoms with Gasteiger partial charge < -0.3 is 15.1 Å². The molecule has 39 heavy (non-hydrogen) atoms. The van der Waals surface area contributed by atoms with Crippen molar-refractivity contribution in [2.24, 2.45) is 7.05 Å². The predicted molar refractivity (Wildman–Crippen MR) is 152 cm³/mol. The van der Waals surface area contributed by atoms with Crippen LogP contribution in [0.2, 0.25) is 0 Å². The number of anilines is 2. The van der Waals surface area contributed by atoms with Crippen molar-refractivity contribution in [1.29, 1.82) is 0 Å². The molecule has 4 heterocycles. The van der Waals surface area contributed by atoms with Crippen LogP contribution < -0.4 is 10.2 Å². The minimum absolute atomic E-state index is 0.0228. The van der Waals surface area contributed by atoms with Crippen LogP contribution in [0.5, 0.6) is 0 Å². The summed E-state index contributed by atoms with van der Waals surface area (Å²) < 4.78 is 1.80. The number of benzene rings is 2. The third-order valence-electron chi connectivity index (χ3n) is 7.76. The van der Waals surface area contributed by atoms with Gasteiger partial charge in [0.25, 0.3) is 11.8 Å². The van der Waals surface area contributed by atoms with Crippen molar-refractivity contribution in [1.82, 2.24) is 19.7 Å². The van der Waals surface area contributed by atoms with E-state index in [0.717, 1.165) is 35.6 Å². The maximum Gasteiger partial charge on any atom is 0.257 e. The summed E-state index contributed by atoms with van der Waals surface area (Å²) in [5.74, 6) is 0.968. The molecule has 2 fully saturated rings. The lowest BCUT2D eigenvalue weighted by atomic mass is 9.90. The summed E-state index contributed by atoms with van der Waals surface area (Å²) in [5.41, 5.74) is 6.05. The fraction of sp³-hybridized carbons (Fsp3) is 0.290. The molecule has 0 bridgehead atoms. The van der Waals surface area contributed by atoms with Gasteiger partial charge in [-0.05, 0) is 60.7 Å². The minimum atomic E-state index is -0.234. The van der Waals surface area contributed by atoms with Gasteiger partial charge in [-0.3, -0.25) is 14.3 Å². The van der Waals surface area contributed by atoms with Gasteiger partial charge in [-0.25, -0.2) is 4.98 Å². The van der Waals surface area contributed by atoms with Gasteiger partial charge in [0.1, 0.15) is 5.82 Å². The van der Waals surface area contributed by atoms with Crippen LogP contribution in [0.1, 0.15) is 50.6 Å². The van der Waals surface area contributed by atoms with Crippen LogP contribution in [0, 0.1) is 6.92 Å². The number of likely N-dealkylation sites (tertiary alicyclic amines) is 1. The molecule has 8 nitrogen and oxygen atoms in total. The number of hydrogen-bond acceptors (Lipinski definition) is 5. The Labute approximate surface area is 228 Å². The van der Waals surface area contributed by atoms with Gasteiger partial charge >= 0.3 is 0 Å². The normalized spacial score (nSPS) is 15.3. The Morgan fingerprint density at radius 3 is 2.31 bits per heavy atom. The van der Waals surface area contributed by atoms with E-state index in [-0.39, 0.29) is 11.8 Å². The van der Waals surface area contributed by atoms with Gasteiger partial charge in [-0.15, -0.1) is 0 Å². The number of aromatic nitrogens is 3. The molecule has 0 unspecified atom stereocenters. The second-order valence-electron chi connectivity index (χ2n) is 10.5. The molecule has 0 atom stereocenters. The highest BCUT2D eigenvalue weighted by atomic mass is 16.2. The Kier molecular flexibility index (Phi) is 6.60. The van der Waals surface area contributed by atoms with Crippen LogP contribution in [0.25, 0.3) is 11.1 Å². The predicted octanol–water partition coefficient (Wildman–Crippen LogP) is 4.88. The minimum Gasteiger partial charge on any atom is -0.357 e. The van der Waals surface area contributed by atoms with E-state index in [1.165, 1.54) is 18.4 Å². The fourth-order valence-corrected chi connectivity index (χ4v) is 5.29. The van der Waals surface area contributed by atoms with Gasteiger partial charge in [0.15, 0.2) is 0 Å². The van der Waals surface area contributed by atoms with Crippen LogP contribution in [0.3, 0.4) is 0 Å². The molecule has 2 aromatic heterocycles. The number of carbonyl (C=O) groups excluding carboxylic acids is 2. The van der Waals surface area contributed by atoms with Crippen molar-refractivity contribution in [3.63, 3.8) is 0 Å². The van der Waals surface area contributed by atoms with Gasteiger partial charge in [0.05, 0.1) is 11.8 Å². The average molecular weight is 521 g/mol. The second kappa shape index (κ2) is 10.4. The summed E-state index contributed by atoms with van der Waals surface area (Å²) >= 11 is 0. The Morgan fingerprint density at radius 2 is 1.64 bits per heavy atom. The SMILES string of the molecule is Cc1ccc(C(=O)N2CC(c3ccc(-c4cnn(C)c4)cc3)C2)cc1NC(=O)c1ccc(N2CCCC2)nc1. The van der Waals surface area contributed by atoms with Gasteiger partial charge in [-0.1, -0.05) is 30.3 Å². The van der Waals surface area contributed by atoms with Crippen LogP contribution in [-0.4, -0.2) is 57.7 Å². The first-order valence-electron chi connectivity index (χ1n) is 13.5. The number of amides is 2. The van der Waals surface area contributed by atoms with Gasteiger partial charge in [-0.2, -0.15) is 5.10 Å². The largest absolute Gasteiger partial charge is 0.357 e. The molecule has 2 aliphatic heterocycles. The zero-order chi connectivity index (χ0) is 26.9. The van der Waals surface area contributed by atoms with E-state index in [1.54, 1.807) is 16.9 Å². The summed E-state index contributed by atoms with van der Waals surface area (Å²) in [6.07, 6.45) is 7.83. The molecule has 0 radical (unpaired) electrons. The quantitative estimate of drug-likeness (QED) is 0.392. The van der Waals surface area contributed by atoms with Gasteiger partial charge in [0, 0.05) is 68.4 Å². The maximum absolute atomic E-state index is 13.2. The first-order valence-corrected chi connectivity index (χ1v) is 13.5. The van der Waals surface area contributed by atoms with Crippen LogP contribution in [0.15, 0.2) is 73.2 Å². The molecule has 2 aromatic carbocycles. The van der Waals surface area contributed by atoms with E-state index in [0.29, 0.717) is 35.8 Å². The van der Waals surface area contributed by atoms with Crippen molar-refractivity contribution in [3.05, 3.63) is 95.4 Å². The fourth-order valence-electron chi connectivity index (χ4n) is 5.29. The zero-order valence-corrected chi connectivity index (χ0v) is 22.3. The molecular formula is C31H32N6O2. The Bertz CT molecular complexity index is 1500. The number of rotatable bonds is 6. The number of nitrogens with one attached hydrogen (secondary N) is 1. The zero-order valence-electron chi connectivity index (χ0n) is 22.3. The topological polar surface area (TPSA) is 83.4 Å². The van der Waals surface area contributed by atoms with Gasteiger partial charge in [0.2, 0.25) is 0 Å². The molecular weight excluding hydrogens is 488 g/mol. The second-order valence-corrected chi connectivity index (χ2v) is 10.5. The number of carbonyl (C=O) groups is 2. The lowest BCUT2D eigenvalue weighted by Gasteiger charge is -2.39. The van der Waals surface area contributed by atoms with E-state index in [1.807, 2.05) is 55.5 Å². The van der Waals surface area contributed by atoms with Crippen molar-refractivity contribution in [3.8, 4) is 11.1 Å². The number of pyridine rings is 1. The number of aryl methyl sites for hydroxylation is 2. The molecule has 198 valence electrons. The number of nitrogens with zero attached hydrogens (tertiary/aromatic N) is 5. The maximum atomic E-state index is 13.2. The third-order valence-corrected chi connectivity index (χ3v) is 7.76. The van der Waals surface area contributed by atoms with Crippen molar-refractivity contribution in [2.45, 2.75) is 25.7 Å². The lowest BCUT2D eigenvalue weighted by Crippen LogP contribution is -2.48. The van der Waals surface area contributed by atoms with Crippen LogP contribution in [0.4, 0.5) is 11.5 Å². The molecule has 2 saturated heterocycles. The summed E-state index contributed by atoms with van der Waals surface area (Å²) in [4.78, 5) is 34.7. The van der Waals surface area contributed by atoms with E-state index in [9.17, 15) is 9.59 Å². The van der Waals surface area contributed by atoms with E-state index < -0.39 is 0 Å².